The fourth-order valence-electron chi connectivity index (χ4n) is 2.79. The van der Waals surface area contributed by atoms with Gasteiger partial charge in [-0.25, -0.2) is 0 Å². The second kappa shape index (κ2) is 10.9. The molecule has 1 heterocycles. The first-order valence-corrected chi connectivity index (χ1v) is 11.8. The first kappa shape index (κ1) is 24.9. The molecule has 0 unspecified atom stereocenters. The Morgan fingerprint density at radius 2 is 1.73 bits per heavy atom. The second-order valence-electron chi connectivity index (χ2n) is 8.22. The van der Waals surface area contributed by atoms with Gasteiger partial charge in [-0.05, 0) is 45.1 Å². The molecule has 3 rings (SSSR count). The third-order valence-corrected chi connectivity index (χ3v) is 5.73. The van der Waals surface area contributed by atoms with Gasteiger partial charge in [0, 0.05) is 23.1 Å². The Labute approximate surface area is 208 Å². The summed E-state index contributed by atoms with van der Waals surface area (Å²) in [6, 6.07) is 13.2. The maximum absolute atomic E-state index is 12.2. The standard InChI is InChI=1S/C23H24Br2N4O4/c1-23(2,3)15-6-4-14(5-7-15)20-28-22(33-29-20)21(31)27-11-10-26-19(30)13-32-18-9-8-16(24)12-17(18)25/h4-9,12H,10-11,13H2,1-3H3,(H,26,30)(H,27,31). The number of amides is 2. The highest BCUT2D eigenvalue weighted by molar-refractivity contribution is 9.11. The molecule has 2 N–H and O–H groups in total. The zero-order chi connectivity index (χ0) is 24.0. The Balaban J connectivity index is 1.42. The van der Waals surface area contributed by atoms with Crippen LogP contribution in [0, 0.1) is 0 Å². The lowest BCUT2D eigenvalue weighted by Crippen LogP contribution is -2.36. The van der Waals surface area contributed by atoms with Crippen molar-refractivity contribution in [3.63, 3.8) is 0 Å². The summed E-state index contributed by atoms with van der Waals surface area (Å²) in [6.07, 6.45) is 0. The van der Waals surface area contributed by atoms with Gasteiger partial charge in [0.2, 0.25) is 5.82 Å². The summed E-state index contributed by atoms with van der Waals surface area (Å²) < 4.78 is 12.2. The Kier molecular flexibility index (Phi) is 8.25. The molecule has 0 bridgehead atoms. The number of hydrogen-bond donors (Lipinski definition) is 2. The third kappa shape index (κ3) is 7.13. The number of halogens is 2. The molecule has 0 aliphatic carbocycles. The van der Waals surface area contributed by atoms with Gasteiger partial charge in [0.1, 0.15) is 5.75 Å². The minimum absolute atomic E-state index is 0.0399. The number of rotatable bonds is 8. The Morgan fingerprint density at radius 3 is 2.39 bits per heavy atom. The number of carbonyl (C=O) groups excluding carboxylic acids is 2. The van der Waals surface area contributed by atoms with Crippen molar-refractivity contribution in [1.82, 2.24) is 20.8 Å². The zero-order valence-electron chi connectivity index (χ0n) is 18.4. The fourth-order valence-corrected chi connectivity index (χ4v) is 3.95. The molecule has 2 amide bonds. The van der Waals surface area contributed by atoms with Crippen LogP contribution in [-0.4, -0.2) is 41.7 Å². The highest BCUT2D eigenvalue weighted by Gasteiger charge is 2.17. The summed E-state index contributed by atoms with van der Waals surface area (Å²) in [4.78, 5) is 28.3. The van der Waals surface area contributed by atoms with Crippen molar-refractivity contribution in [2.75, 3.05) is 19.7 Å². The number of ether oxygens (including phenoxy) is 1. The summed E-state index contributed by atoms with van der Waals surface area (Å²) in [7, 11) is 0. The van der Waals surface area contributed by atoms with Crippen LogP contribution in [0.15, 0.2) is 55.9 Å². The predicted molar refractivity (Wildman–Crippen MR) is 131 cm³/mol. The molecule has 0 spiro atoms. The predicted octanol–water partition coefficient (Wildman–Crippen LogP) is 4.48. The monoisotopic (exact) mass is 578 g/mol. The van der Waals surface area contributed by atoms with E-state index in [0.717, 1.165) is 14.5 Å². The quantitative estimate of drug-likeness (QED) is 0.381. The lowest BCUT2D eigenvalue weighted by Gasteiger charge is -2.18. The van der Waals surface area contributed by atoms with E-state index in [4.69, 9.17) is 9.26 Å². The molecule has 0 aliphatic heterocycles. The Hall–Kier alpha value is -2.72. The average Bonchev–Trinajstić information content (AvgIpc) is 3.26. The molecule has 33 heavy (non-hydrogen) atoms. The molecular weight excluding hydrogens is 556 g/mol. The first-order valence-electron chi connectivity index (χ1n) is 10.2. The van der Waals surface area contributed by atoms with Crippen LogP contribution in [0.1, 0.15) is 37.0 Å². The molecule has 1 aromatic heterocycles. The van der Waals surface area contributed by atoms with Gasteiger partial charge in [0.25, 0.3) is 5.91 Å². The van der Waals surface area contributed by atoms with Crippen LogP contribution >= 0.6 is 31.9 Å². The topological polar surface area (TPSA) is 106 Å². The zero-order valence-corrected chi connectivity index (χ0v) is 21.6. The number of carbonyl (C=O) groups is 2. The number of nitrogens with one attached hydrogen (secondary N) is 2. The van der Waals surface area contributed by atoms with Gasteiger partial charge in [-0.15, -0.1) is 0 Å². The second-order valence-corrected chi connectivity index (χ2v) is 9.99. The first-order chi connectivity index (χ1) is 15.6. The van der Waals surface area contributed by atoms with E-state index in [1.54, 1.807) is 6.07 Å². The van der Waals surface area contributed by atoms with Gasteiger partial charge in [0.15, 0.2) is 6.61 Å². The van der Waals surface area contributed by atoms with E-state index in [-0.39, 0.29) is 36.9 Å². The van der Waals surface area contributed by atoms with Crippen LogP contribution in [-0.2, 0) is 10.2 Å². The molecular formula is C23H24Br2N4O4. The Bertz CT molecular complexity index is 1120. The minimum atomic E-state index is -0.510. The van der Waals surface area contributed by atoms with Crippen LogP contribution in [0.2, 0.25) is 0 Å². The molecule has 0 atom stereocenters. The average molecular weight is 580 g/mol. The van der Waals surface area contributed by atoms with Gasteiger partial charge in [-0.3, -0.25) is 9.59 Å². The summed E-state index contributed by atoms with van der Waals surface area (Å²) in [5, 5.41) is 9.18. The van der Waals surface area contributed by atoms with Crippen molar-refractivity contribution in [2.24, 2.45) is 0 Å². The number of benzene rings is 2. The smallest absolute Gasteiger partial charge is 0.316 e. The molecule has 0 radical (unpaired) electrons. The molecule has 0 aliphatic rings. The summed E-state index contributed by atoms with van der Waals surface area (Å²) in [6.45, 7) is 6.69. The van der Waals surface area contributed by atoms with Crippen molar-refractivity contribution in [1.29, 1.82) is 0 Å². The van der Waals surface area contributed by atoms with Gasteiger partial charge in [0.05, 0.1) is 4.47 Å². The largest absolute Gasteiger partial charge is 0.483 e. The molecule has 0 fully saturated rings. The van der Waals surface area contributed by atoms with Crippen molar-refractivity contribution in [3.05, 3.63) is 62.9 Å². The van der Waals surface area contributed by atoms with Crippen LogP contribution in [0.5, 0.6) is 5.75 Å². The van der Waals surface area contributed by atoms with Gasteiger partial charge in [-0.2, -0.15) is 4.98 Å². The maximum atomic E-state index is 12.2. The minimum Gasteiger partial charge on any atom is -0.483 e. The van der Waals surface area contributed by atoms with E-state index >= 15 is 0 Å². The summed E-state index contributed by atoms with van der Waals surface area (Å²) in [5.41, 5.74) is 1.98. The maximum Gasteiger partial charge on any atom is 0.316 e. The molecule has 0 saturated heterocycles. The van der Waals surface area contributed by atoms with E-state index in [9.17, 15) is 9.59 Å². The normalized spacial score (nSPS) is 11.2. The van der Waals surface area contributed by atoms with E-state index in [1.165, 1.54) is 5.56 Å². The molecule has 0 saturated carbocycles. The summed E-state index contributed by atoms with van der Waals surface area (Å²) in [5.74, 6) is -0.0612. The SMILES string of the molecule is CC(C)(C)c1ccc(-c2noc(C(=O)NCCNC(=O)COc3ccc(Br)cc3Br)n2)cc1. The summed E-state index contributed by atoms with van der Waals surface area (Å²) >= 11 is 6.73. The van der Waals surface area contributed by atoms with Crippen LogP contribution in [0.25, 0.3) is 11.4 Å². The van der Waals surface area contributed by atoms with Crippen LogP contribution < -0.4 is 15.4 Å². The fraction of sp³-hybridized carbons (Fsp3) is 0.304. The number of hydrogen-bond acceptors (Lipinski definition) is 6. The van der Waals surface area contributed by atoms with Crippen molar-refractivity contribution in [2.45, 2.75) is 26.2 Å². The van der Waals surface area contributed by atoms with E-state index in [0.29, 0.717) is 11.6 Å². The molecule has 8 nitrogen and oxygen atoms in total. The number of nitrogens with zero attached hydrogens (tertiary/aromatic N) is 2. The molecule has 10 heteroatoms. The van der Waals surface area contributed by atoms with E-state index in [2.05, 4.69) is 73.4 Å². The van der Waals surface area contributed by atoms with E-state index in [1.807, 2.05) is 36.4 Å². The molecule has 174 valence electrons. The molecule has 3 aromatic rings. The van der Waals surface area contributed by atoms with Gasteiger partial charge >= 0.3 is 11.8 Å². The highest BCUT2D eigenvalue weighted by atomic mass is 79.9. The number of aromatic nitrogens is 2. The van der Waals surface area contributed by atoms with Crippen LogP contribution in [0.4, 0.5) is 0 Å². The van der Waals surface area contributed by atoms with Crippen molar-refractivity contribution < 1.29 is 18.8 Å². The van der Waals surface area contributed by atoms with Gasteiger partial charge in [-0.1, -0.05) is 66.1 Å². The highest BCUT2D eigenvalue weighted by Crippen LogP contribution is 2.28. The van der Waals surface area contributed by atoms with Crippen LogP contribution in [0.3, 0.4) is 0 Å². The lowest BCUT2D eigenvalue weighted by atomic mass is 9.87. The van der Waals surface area contributed by atoms with E-state index < -0.39 is 5.91 Å². The lowest BCUT2D eigenvalue weighted by molar-refractivity contribution is -0.123. The van der Waals surface area contributed by atoms with Gasteiger partial charge < -0.3 is 19.9 Å². The van der Waals surface area contributed by atoms with Crippen molar-refractivity contribution >= 4 is 43.7 Å². The Morgan fingerprint density at radius 1 is 1.03 bits per heavy atom. The third-order valence-electron chi connectivity index (χ3n) is 4.61. The molecule has 2 aromatic carbocycles. The van der Waals surface area contributed by atoms with Crippen molar-refractivity contribution in [3.8, 4) is 17.1 Å².